The number of hydrogen-bond acceptors (Lipinski definition) is 4. The van der Waals surface area contributed by atoms with Gasteiger partial charge in [-0.15, -0.1) is 0 Å². The van der Waals surface area contributed by atoms with E-state index in [1.807, 2.05) is 31.2 Å². The first-order chi connectivity index (χ1) is 14.7. The second kappa shape index (κ2) is 11.7. The largest absolute Gasteiger partial charge is 0.493 e. The summed E-state index contributed by atoms with van der Waals surface area (Å²) in [4.78, 5) is 24.8. The van der Waals surface area contributed by atoms with Crippen LogP contribution in [0.1, 0.15) is 61.5 Å². The average molecular weight is 491 g/mol. The number of hydrazine groups is 1. The zero-order valence-corrected chi connectivity index (χ0v) is 20.3. The van der Waals surface area contributed by atoms with E-state index in [9.17, 15) is 9.59 Å². The third-order valence-electron chi connectivity index (χ3n) is 4.60. The van der Waals surface area contributed by atoms with Crippen LogP contribution in [0.15, 0.2) is 40.9 Å². The van der Waals surface area contributed by atoms with Gasteiger partial charge in [0.1, 0.15) is 11.5 Å². The molecule has 0 fully saturated rings. The van der Waals surface area contributed by atoms with Gasteiger partial charge in [-0.3, -0.25) is 20.4 Å². The predicted molar refractivity (Wildman–Crippen MR) is 125 cm³/mol. The number of carbonyl (C=O) groups excluding carboxylic acids is 2. The number of halogens is 1. The van der Waals surface area contributed by atoms with Gasteiger partial charge in [0.05, 0.1) is 12.2 Å². The van der Waals surface area contributed by atoms with Crippen molar-refractivity contribution < 1.29 is 19.1 Å². The normalized spacial score (nSPS) is 10.8. The maximum Gasteiger partial charge on any atom is 0.276 e. The van der Waals surface area contributed by atoms with E-state index in [4.69, 9.17) is 9.47 Å². The average Bonchev–Trinajstić information content (AvgIpc) is 2.71. The van der Waals surface area contributed by atoms with E-state index < -0.39 is 11.8 Å². The SMILES string of the molecule is Cc1ccc(C(C)C)c(OCC(=O)NNC(=O)c2cc(Br)ccc2OCCC(C)C)c1. The summed E-state index contributed by atoms with van der Waals surface area (Å²) in [5, 5.41) is 0. The van der Waals surface area contributed by atoms with Crippen molar-refractivity contribution in [3.63, 3.8) is 0 Å². The van der Waals surface area contributed by atoms with Crippen LogP contribution in [0.2, 0.25) is 0 Å². The van der Waals surface area contributed by atoms with Crippen LogP contribution in [0.25, 0.3) is 0 Å². The van der Waals surface area contributed by atoms with Gasteiger partial charge in [-0.1, -0.05) is 55.8 Å². The Morgan fingerprint density at radius 3 is 2.39 bits per heavy atom. The summed E-state index contributed by atoms with van der Waals surface area (Å²) in [5.41, 5.74) is 7.24. The zero-order chi connectivity index (χ0) is 23.0. The Balaban J connectivity index is 1.95. The van der Waals surface area contributed by atoms with E-state index in [-0.39, 0.29) is 12.5 Å². The van der Waals surface area contributed by atoms with Gasteiger partial charge in [-0.2, -0.15) is 0 Å². The molecule has 0 saturated heterocycles. The van der Waals surface area contributed by atoms with Crippen molar-refractivity contribution in [3.8, 4) is 11.5 Å². The smallest absolute Gasteiger partial charge is 0.276 e. The summed E-state index contributed by atoms with van der Waals surface area (Å²) in [7, 11) is 0. The third kappa shape index (κ3) is 7.90. The molecule has 0 radical (unpaired) electrons. The number of nitrogens with one attached hydrogen (secondary N) is 2. The fourth-order valence-electron chi connectivity index (χ4n) is 2.83. The molecule has 0 spiro atoms. The van der Waals surface area contributed by atoms with Crippen molar-refractivity contribution in [1.29, 1.82) is 0 Å². The summed E-state index contributed by atoms with van der Waals surface area (Å²) in [6.07, 6.45) is 0.878. The van der Waals surface area contributed by atoms with Crippen LogP contribution in [0.3, 0.4) is 0 Å². The highest BCUT2D eigenvalue weighted by molar-refractivity contribution is 9.10. The Morgan fingerprint density at radius 2 is 1.71 bits per heavy atom. The minimum atomic E-state index is -0.465. The van der Waals surface area contributed by atoms with Crippen LogP contribution in [0.5, 0.6) is 11.5 Å². The first-order valence-corrected chi connectivity index (χ1v) is 11.2. The van der Waals surface area contributed by atoms with Crippen molar-refractivity contribution in [3.05, 3.63) is 57.6 Å². The summed E-state index contributed by atoms with van der Waals surface area (Å²) < 4.78 is 12.2. The standard InChI is InChI=1S/C24H31BrN2O4/c1-15(2)10-11-30-21-9-7-18(25)13-20(21)24(29)27-26-23(28)14-31-22-12-17(5)6-8-19(22)16(3)4/h6-9,12-13,15-16H,10-11,14H2,1-5H3,(H,26,28)(H,27,29). The molecule has 0 saturated carbocycles. The van der Waals surface area contributed by atoms with E-state index >= 15 is 0 Å². The van der Waals surface area contributed by atoms with Crippen molar-refractivity contribution in [2.75, 3.05) is 13.2 Å². The fraction of sp³-hybridized carbons (Fsp3) is 0.417. The molecule has 2 amide bonds. The lowest BCUT2D eigenvalue weighted by atomic mass is 10.0. The van der Waals surface area contributed by atoms with Gasteiger partial charge in [0.25, 0.3) is 11.8 Å². The Kier molecular flexibility index (Phi) is 9.37. The van der Waals surface area contributed by atoms with Crippen molar-refractivity contribution in [2.45, 2.75) is 47.0 Å². The number of rotatable bonds is 9. The molecule has 7 heteroatoms. The molecule has 2 aromatic carbocycles. The van der Waals surface area contributed by atoms with Gasteiger partial charge in [0.15, 0.2) is 6.61 Å². The Labute approximate surface area is 192 Å². The van der Waals surface area contributed by atoms with Crippen LogP contribution in [-0.2, 0) is 4.79 Å². The number of amides is 2. The summed E-state index contributed by atoms with van der Waals surface area (Å²) in [6, 6.07) is 11.1. The van der Waals surface area contributed by atoms with Gasteiger partial charge in [-0.05, 0) is 60.6 Å². The van der Waals surface area contributed by atoms with E-state index in [0.717, 1.165) is 22.0 Å². The maximum absolute atomic E-state index is 12.6. The van der Waals surface area contributed by atoms with Gasteiger partial charge in [0, 0.05) is 4.47 Å². The molecule has 31 heavy (non-hydrogen) atoms. The van der Waals surface area contributed by atoms with Gasteiger partial charge >= 0.3 is 0 Å². The van der Waals surface area contributed by atoms with Gasteiger partial charge in [-0.25, -0.2) is 0 Å². The number of aryl methyl sites for hydroxylation is 1. The number of hydrogen-bond donors (Lipinski definition) is 2. The maximum atomic E-state index is 12.6. The zero-order valence-electron chi connectivity index (χ0n) is 18.8. The number of ether oxygens (including phenoxy) is 2. The summed E-state index contributed by atoms with van der Waals surface area (Å²) >= 11 is 3.37. The molecule has 2 aromatic rings. The quantitative estimate of drug-likeness (QED) is 0.476. The molecule has 0 bridgehead atoms. The number of carbonyl (C=O) groups is 2. The lowest BCUT2D eigenvalue weighted by Gasteiger charge is -2.15. The lowest BCUT2D eigenvalue weighted by molar-refractivity contribution is -0.123. The highest BCUT2D eigenvalue weighted by atomic mass is 79.9. The molecule has 0 atom stereocenters. The molecular weight excluding hydrogens is 460 g/mol. The monoisotopic (exact) mass is 490 g/mol. The van der Waals surface area contributed by atoms with E-state index in [1.54, 1.807) is 12.1 Å². The molecule has 0 aliphatic carbocycles. The van der Waals surface area contributed by atoms with Gasteiger partial charge < -0.3 is 9.47 Å². The fourth-order valence-corrected chi connectivity index (χ4v) is 3.19. The first kappa shape index (κ1) is 24.7. The molecule has 6 nitrogen and oxygen atoms in total. The van der Waals surface area contributed by atoms with Crippen molar-refractivity contribution in [1.82, 2.24) is 10.9 Å². The molecule has 0 heterocycles. The number of benzene rings is 2. The predicted octanol–water partition coefficient (Wildman–Crippen LogP) is 5.15. The Hall–Kier alpha value is -2.54. The van der Waals surface area contributed by atoms with E-state index in [1.165, 1.54) is 0 Å². The first-order valence-electron chi connectivity index (χ1n) is 10.4. The molecule has 2 N–H and O–H groups in total. The van der Waals surface area contributed by atoms with E-state index in [2.05, 4.69) is 54.5 Å². The molecule has 0 unspecified atom stereocenters. The molecule has 2 rings (SSSR count). The minimum absolute atomic E-state index is 0.209. The highest BCUT2D eigenvalue weighted by Gasteiger charge is 2.15. The topological polar surface area (TPSA) is 76.7 Å². The second-order valence-corrected chi connectivity index (χ2v) is 9.07. The second-order valence-electron chi connectivity index (χ2n) is 8.16. The molecule has 0 aliphatic heterocycles. The molecule has 0 aliphatic rings. The van der Waals surface area contributed by atoms with Crippen molar-refractivity contribution in [2.24, 2.45) is 5.92 Å². The minimum Gasteiger partial charge on any atom is -0.493 e. The lowest BCUT2D eigenvalue weighted by Crippen LogP contribution is -2.44. The van der Waals surface area contributed by atoms with Crippen LogP contribution in [-0.4, -0.2) is 25.0 Å². The third-order valence-corrected chi connectivity index (χ3v) is 5.10. The van der Waals surface area contributed by atoms with Gasteiger partial charge in [0.2, 0.25) is 0 Å². The van der Waals surface area contributed by atoms with Crippen LogP contribution in [0.4, 0.5) is 0 Å². The summed E-state index contributed by atoms with van der Waals surface area (Å²) in [6.45, 7) is 10.6. The highest BCUT2D eigenvalue weighted by Crippen LogP contribution is 2.27. The summed E-state index contributed by atoms with van der Waals surface area (Å²) in [5.74, 6) is 0.979. The Bertz CT molecular complexity index is 912. The molecule has 0 aromatic heterocycles. The Morgan fingerprint density at radius 1 is 0.968 bits per heavy atom. The molecular formula is C24H31BrN2O4. The van der Waals surface area contributed by atoms with Crippen LogP contribution in [0, 0.1) is 12.8 Å². The van der Waals surface area contributed by atoms with Crippen LogP contribution < -0.4 is 20.3 Å². The van der Waals surface area contributed by atoms with Crippen molar-refractivity contribution >= 4 is 27.7 Å². The van der Waals surface area contributed by atoms with Crippen LogP contribution >= 0.6 is 15.9 Å². The van der Waals surface area contributed by atoms with E-state index in [0.29, 0.717) is 29.6 Å². The molecule has 168 valence electrons.